The molecular weight excluding hydrogens is 262 g/mol. The standard InChI is InChI=1S/C13H21N3O4/c1-8-2-4-9(5-3-8)15-13(20)16-7-11(17)14-6-10(16)12(18)19/h8-10H,2-7H2,1H3,(H,14,17)(H,15,20)(H,18,19). The monoisotopic (exact) mass is 283 g/mol. The predicted octanol–water partition coefficient (Wildman–Crippen LogP) is 0.160. The van der Waals surface area contributed by atoms with Crippen LogP contribution in [0.5, 0.6) is 0 Å². The number of carboxylic acids is 1. The number of nitrogens with one attached hydrogen (secondary N) is 2. The van der Waals surface area contributed by atoms with E-state index in [0.29, 0.717) is 5.92 Å². The summed E-state index contributed by atoms with van der Waals surface area (Å²) in [5.41, 5.74) is 0. The van der Waals surface area contributed by atoms with Gasteiger partial charge in [-0.1, -0.05) is 6.92 Å². The van der Waals surface area contributed by atoms with Gasteiger partial charge in [-0.3, -0.25) is 9.69 Å². The van der Waals surface area contributed by atoms with Crippen molar-refractivity contribution in [2.24, 2.45) is 5.92 Å². The Balaban J connectivity index is 1.95. The van der Waals surface area contributed by atoms with Crippen molar-refractivity contribution >= 4 is 17.9 Å². The van der Waals surface area contributed by atoms with Crippen molar-refractivity contribution in [1.29, 1.82) is 0 Å². The molecule has 1 aliphatic carbocycles. The number of aliphatic carboxylic acids is 1. The number of hydrogen-bond acceptors (Lipinski definition) is 3. The van der Waals surface area contributed by atoms with Crippen molar-refractivity contribution in [3.8, 4) is 0 Å². The lowest BCUT2D eigenvalue weighted by Gasteiger charge is -2.35. The molecule has 1 aliphatic heterocycles. The van der Waals surface area contributed by atoms with Crippen LogP contribution in [0, 0.1) is 5.92 Å². The molecule has 0 spiro atoms. The second kappa shape index (κ2) is 6.11. The summed E-state index contributed by atoms with van der Waals surface area (Å²) in [6.07, 6.45) is 3.94. The van der Waals surface area contributed by atoms with E-state index in [0.717, 1.165) is 30.6 Å². The highest BCUT2D eigenvalue weighted by Gasteiger charge is 2.36. The van der Waals surface area contributed by atoms with Gasteiger partial charge in [-0.15, -0.1) is 0 Å². The smallest absolute Gasteiger partial charge is 0.328 e. The number of nitrogens with zero attached hydrogens (tertiary/aromatic N) is 1. The van der Waals surface area contributed by atoms with Crippen molar-refractivity contribution < 1.29 is 19.5 Å². The minimum Gasteiger partial charge on any atom is -0.480 e. The zero-order valence-electron chi connectivity index (χ0n) is 11.6. The first-order chi connectivity index (χ1) is 9.47. The molecule has 7 nitrogen and oxygen atoms in total. The second-order valence-electron chi connectivity index (χ2n) is 5.69. The van der Waals surface area contributed by atoms with E-state index in [9.17, 15) is 14.4 Å². The Morgan fingerprint density at radius 3 is 2.55 bits per heavy atom. The molecule has 3 amide bonds. The van der Waals surface area contributed by atoms with Crippen molar-refractivity contribution in [3.63, 3.8) is 0 Å². The van der Waals surface area contributed by atoms with Gasteiger partial charge in [-0.2, -0.15) is 0 Å². The molecule has 0 aromatic heterocycles. The number of carboxylic acid groups (broad SMARTS) is 1. The van der Waals surface area contributed by atoms with Gasteiger partial charge in [0.25, 0.3) is 0 Å². The molecule has 1 saturated carbocycles. The van der Waals surface area contributed by atoms with Gasteiger partial charge in [0.05, 0.1) is 0 Å². The Bertz CT molecular complexity index is 404. The van der Waals surface area contributed by atoms with E-state index in [-0.39, 0.29) is 25.0 Å². The lowest BCUT2D eigenvalue weighted by Crippen LogP contribution is -2.62. The number of piperazine rings is 1. The number of urea groups is 1. The maximum absolute atomic E-state index is 12.2. The van der Waals surface area contributed by atoms with Gasteiger partial charge in [0, 0.05) is 12.6 Å². The molecule has 112 valence electrons. The molecular formula is C13H21N3O4. The summed E-state index contributed by atoms with van der Waals surface area (Å²) in [5, 5.41) is 14.4. The highest BCUT2D eigenvalue weighted by molar-refractivity contribution is 5.90. The maximum Gasteiger partial charge on any atom is 0.328 e. The number of carbonyl (C=O) groups is 3. The summed E-state index contributed by atoms with van der Waals surface area (Å²) >= 11 is 0. The van der Waals surface area contributed by atoms with E-state index in [1.807, 2.05) is 0 Å². The van der Waals surface area contributed by atoms with Crippen LogP contribution in [0.3, 0.4) is 0 Å². The van der Waals surface area contributed by atoms with Gasteiger partial charge in [0.1, 0.15) is 12.6 Å². The average molecular weight is 283 g/mol. The first kappa shape index (κ1) is 14.6. The third-order valence-corrected chi connectivity index (χ3v) is 4.07. The molecule has 1 saturated heterocycles. The molecule has 0 aromatic carbocycles. The molecule has 0 bridgehead atoms. The molecule has 0 aromatic rings. The zero-order chi connectivity index (χ0) is 14.7. The first-order valence-corrected chi connectivity index (χ1v) is 7.04. The van der Waals surface area contributed by atoms with Crippen LogP contribution in [0.4, 0.5) is 4.79 Å². The minimum atomic E-state index is -1.10. The summed E-state index contributed by atoms with van der Waals surface area (Å²) < 4.78 is 0. The number of rotatable bonds is 2. The van der Waals surface area contributed by atoms with E-state index in [2.05, 4.69) is 17.6 Å². The summed E-state index contributed by atoms with van der Waals surface area (Å²) in [6, 6.07) is -1.36. The molecule has 1 unspecified atom stereocenters. The van der Waals surface area contributed by atoms with E-state index in [1.165, 1.54) is 0 Å². The van der Waals surface area contributed by atoms with Crippen LogP contribution >= 0.6 is 0 Å². The van der Waals surface area contributed by atoms with Gasteiger partial charge in [-0.25, -0.2) is 9.59 Å². The lowest BCUT2D eigenvalue weighted by molar-refractivity contribution is -0.144. The molecule has 2 fully saturated rings. The van der Waals surface area contributed by atoms with Crippen LogP contribution in [0.25, 0.3) is 0 Å². The van der Waals surface area contributed by atoms with Gasteiger partial charge in [0.15, 0.2) is 0 Å². The fraction of sp³-hybridized carbons (Fsp3) is 0.769. The first-order valence-electron chi connectivity index (χ1n) is 7.04. The largest absolute Gasteiger partial charge is 0.480 e. The molecule has 20 heavy (non-hydrogen) atoms. The van der Waals surface area contributed by atoms with Gasteiger partial charge in [-0.05, 0) is 31.6 Å². The number of carbonyl (C=O) groups excluding carboxylic acids is 2. The summed E-state index contributed by atoms with van der Waals surface area (Å²) in [7, 11) is 0. The van der Waals surface area contributed by atoms with Crippen LogP contribution < -0.4 is 10.6 Å². The van der Waals surface area contributed by atoms with Gasteiger partial charge >= 0.3 is 12.0 Å². The molecule has 2 rings (SSSR count). The van der Waals surface area contributed by atoms with Crippen LogP contribution in [-0.2, 0) is 9.59 Å². The Labute approximate surface area is 117 Å². The topological polar surface area (TPSA) is 98.7 Å². The normalized spacial score (nSPS) is 30.6. The molecule has 0 radical (unpaired) electrons. The van der Waals surface area contributed by atoms with Crippen molar-refractivity contribution in [1.82, 2.24) is 15.5 Å². The fourth-order valence-corrected chi connectivity index (χ4v) is 2.74. The van der Waals surface area contributed by atoms with Crippen LogP contribution in [0.2, 0.25) is 0 Å². The highest BCUT2D eigenvalue weighted by Crippen LogP contribution is 2.23. The Kier molecular flexibility index (Phi) is 4.46. The van der Waals surface area contributed by atoms with Crippen molar-refractivity contribution in [3.05, 3.63) is 0 Å². The van der Waals surface area contributed by atoms with E-state index >= 15 is 0 Å². The molecule has 1 heterocycles. The molecule has 2 aliphatic rings. The van der Waals surface area contributed by atoms with Crippen LogP contribution in [-0.4, -0.2) is 53.1 Å². The molecule has 7 heteroatoms. The van der Waals surface area contributed by atoms with Crippen LogP contribution in [0.15, 0.2) is 0 Å². The highest BCUT2D eigenvalue weighted by atomic mass is 16.4. The van der Waals surface area contributed by atoms with E-state index in [4.69, 9.17) is 5.11 Å². The molecule has 1 atom stereocenters. The van der Waals surface area contributed by atoms with Gasteiger partial charge < -0.3 is 15.7 Å². The van der Waals surface area contributed by atoms with E-state index < -0.39 is 18.0 Å². The summed E-state index contributed by atoms with van der Waals surface area (Å²) in [5.74, 6) is -0.747. The third kappa shape index (κ3) is 3.40. The SMILES string of the molecule is CC1CCC(NC(=O)N2CC(=O)NCC2C(=O)O)CC1. The number of hydrogen-bond donors (Lipinski definition) is 3. The van der Waals surface area contributed by atoms with Gasteiger partial charge in [0.2, 0.25) is 5.91 Å². The average Bonchev–Trinajstić information content (AvgIpc) is 2.41. The number of amides is 3. The fourth-order valence-electron chi connectivity index (χ4n) is 2.74. The summed E-state index contributed by atoms with van der Waals surface area (Å²) in [6.45, 7) is 1.95. The zero-order valence-corrected chi connectivity index (χ0v) is 11.6. The quantitative estimate of drug-likeness (QED) is 0.672. The van der Waals surface area contributed by atoms with Crippen molar-refractivity contribution in [2.75, 3.05) is 13.1 Å². The minimum absolute atomic E-state index is 0.0384. The van der Waals surface area contributed by atoms with E-state index in [1.54, 1.807) is 0 Å². The molecule has 3 N–H and O–H groups in total. The van der Waals surface area contributed by atoms with Crippen molar-refractivity contribution in [2.45, 2.75) is 44.7 Å². The maximum atomic E-state index is 12.2. The Morgan fingerprint density at radius 1 is 1.30 bits per heavy atom. The Hall–Kier alpha value is -1.79. The lowest BCUT2D eigenvalue weighted by atomic mass is 9.87. The predicted molar refractivity (Wildman–Crippen MR) is 71.1 cm³/mol. The van der Waals surface area contributed by atoms with Crippen LogP contribution in [0.1, 0.15) is 32.6 Å². The Morgan fingerprint density at radius 2 is 1.95 bits per heavy atom. The third-order valence-electron chi connectivity index (χ3n) is 4.07. The summed E-state index contributed by atoms with van der Waals surface area (Å²) in [4.78, 5) is 35.8. The second-order valence-corrected chi connectivity index (χ2v) is 5.69.